The van der Waals surface area contributed by atoms with Crippen molar-refractivity contribution < 1.29 is 14.4 Å². The van der Waals surface area contributed by atoms with Gasteiger partial charge >= 0.3 is 0 Å². The van der Waals surface area contributed by atoms with Gasteiger partial charge in [-0.15, -0.1) is 0 Å². The molecular formula is C22H30N4O3. The van der Waals surface area contributed by atoms with Crippen LogP contribution in [-0.2, 0) is 16.1 Å². The van der Waals surface area contributed by atoms with Gasteiger partial charge in [-0.1, -0.05) is 6.92 Å². The molecule has 0 atom stereocenters. The van der Waals surface area contributed by atoms with Crippen LogP contribution >= 0.6 is 0 Å². The number of Topliss-reactive ketones (excluding diaryl/α,β-unsaturated/α-hetero) is 1. The van der Waals surface area contributed by atoms with Gasteiger partial charge in [0.15, 0.2) is 5.78 Å². The Morgan fingerprint density at radius 2 is 1.55 bits per heavy atom. The van der Waals surface area contributed by atoms with E-state index in [0.717, 1.165) is 23.5 Å². The first-order valence-corrected chi connectivity index (χ1v) is 9.84. The number of hydrogen-bond donors (Lipinski definition) is 2. The Morgan fingerprint density at radius 3 is 2.03 bits per heavy atom. The van der Waals surface area contributed by atoms with Gasteiger partial charge in [0.25, 0.3) is 0 Å². The van der Waals surface area contributed by atoms with Crippen molar-refractivity contribution in [2.45, 2.75) is 41.2 Å². The molecule has 2 amide bonds. The van der Waals surface area contributed by atoms with Gasteiger partial charge in [-0.25, -0.2) is 0 Å². The molecule has 0 aliphatic carbocycles. The van der Waals surface area contributed by atoms with E-state index in [1.807, 2.05) is 31.7 Å². The topological polar surface area (TPSA) is 83.4 Å². The average molecular weight is 399 g/mol. The maximum absolute atomic E-state index is 12.8. The van der Waals surface area contributed by atoms with Gasteiger partial charge in [0.1, 0.15) is 0 Å². The predicted octanol–water partition coefficient (Wildman–Crippen LogP) is 3.23. The number of hydrogen-bond acceptors (Lipinski definition) is 4. The van der Waals surface area contributed by atoms with Gasteiger partial charge in [0.2, 0.25) is 11.8 Å². The molecule has 0 aliphatic rings. The molecule has 1 heterocycles. The summed E-state index contributed by atoms with van der Waals surface area (Å²) < 4.78 is 2.11. The molecule has 0 spiro atoms. The van der Waals surface area contributed by atoms with E-state index in [4.69, 9.17) is 0 Å². The van der Waals surface area contributed by atoms with Gasteiger partial charge in [-0.3, -0.25) is 19.3 Å². The maximum atomic E-state index is 12.8. The lowest BCUT2D eigenvalue weighted by molar-refractivity contribution is -0.117. The summed E-state index contributed by atoms with van der Waals surface area (Å²) in [6, 6.07) is 8.82. The average Bonchev–Trinajstić information content (AvgIpc) is 2.95. The van der Waals surface area contributed by atoms with Crippen LogP contribution in [0.3, 0.4) is 0 Å². The highest BCUT2D eigenvalue weighted by atomic mass is 16.2. The van der Waals surface area contributed by atoms with Crippen molar-refractivity contribution in [3.63, 3.8) is 0 Å². The van der Waals surface area contributed by atoms with Crippen LogP contribution in [0.25, 0.3) is 0 Å². The molecule has 0 unspecified atom stereocenters. The van der Waals surface area contributed by atoms with Crippen LogP contribution in [0.15, 0.2) is 30.3 Å². The Kier molecular flexibility index (Phi) is 7.73. The van der Waals surface area contributed by atoms with Crippen LogP contribution in [0, 0.1) is 13.8 Å². The number of carbonyl (C=O) groups is 3. The monoisotopic (exact) mass is 398 g/mol. The summed E-state index contributed by atoms with van der Waals surface area (Å²) in [5.41, 5.74) is 4.06. The highest BCUT2D eigenvalue weighted by Gasteiger charge is 2.19. The van der Waals surface area contributed by atoms with E-state index in [1.165, 1.54) is 6.92 Å². The summed E-state index contributed by atoms with van der Waals surface area (Å²) in [4.78, 5) is 38.0. The van der Waals surface area contributed by atoms with E-state index >= 15 is 0 Å². The lowest BCUT2D eigenvalue weighted by atomic mass is 10.1. The number of nitrogens with zero attached hydrogens (tertiary/aromatic N) is 2. The van der Waals surface area contributed by atoms with Gasteiger partial charge < -0.3 is 15.2 Å². The van der Waals surface area contributed by atoms with Crippen molar-refractivity contribution in [3.8, 4) is 0 Å². The smallest absolute Gasteiger partial charge is 0.238 e. The summed E-state index contributed by atoms with van der Waals surface area (Å²) in [6.07, 6.45) is 0. The Morgan fingerprint density at radius 1 is 0.966 bits per heavy atom. The van der Waals surface area contributed by atoms with Crippen LogP contribution in [0.2, 0.25) is 0 Å². The fraction of sp³-hybridized carbons (Fsp3) is 0.409. The number of aryl methyl sites for hydroxylation is 1. The number of nitrogens with one attached hydrogen (secondary N) is 2. The molecule has 29 heavy (non-hydrogen) atoms. The van der Waals surface area contributed by atoms with E-state index in [9.17, 15) is 14.4 Å². The third-order valence-corrected chi connectivity index (χ3v) is 4.86. The molecule has 156 valence electrons. The number of ketones is 1. The van der Waals surface area contributed by atoms with E-state index in [0.29, 0.717) is 17.9 Å². The zero-order valence-electron chi connectivity index (χ0n) is 17.8. The minimum atomic E-state index is -0.189. The molecule has 1 aromatic carbocycles. The molecule has 7 heteroatoms. The van der Waals surface area contributed by atoms with E-state index in [-0.39, 0.29) is 30.7 Å². The summed E-state index contributed by atoms with van der Waals surface area (Å²) in [5, 5.41) is 5.50. The van der Waals surface area contributed by atoms with Crippen LogP contribution in [0.1, 0.15) is 42.5 Å². The number of benzene rings is 1. The molecule has 0 aliphatic heterocycles. The summed E-state index contributed by atoms with van der Waals surface area (Å²) in [7, 11) is 0. The third-order valence-electron chi connectivity index (χ3n) is 4.86. The van der Waals surface area contributed by atoms with Gasteiger partial charge in [-0.2, -0.15) is 0 Å². The summed E-state index contributed by atoms with van der Waals surface area (Å²) >= 11 is 0. The summed E-state index contributed by atoms with van der Waals surface area (Å²) in [5.74, 6) is -0.317. The van der Waals surface area contributed by atoms with Crippen molar-refractivity contribution >= 4 is 29.0 Å². The minimum absolute atomic E-state index is 0.0205. The highest BCUT2D eigenvalue weighted by Crippen LogP contribution is 2.16. The second kappa shape index (κ2) is 10.0. The maximum Gasteiger partial charge on any atom is 0.238 e. The van der Waals surface area contributed by atoms with Crippen molar-refractivity contribution in [1.82, 2.24) is 9.47 Å². The quantitative estimate of drug-likeness (QED) is 0.635. The summed E-state index contributed by atoms with van der Waals surface area (Å²) in [6.45, 7) is 11.1. The van der Waals surface area contributed by atoms with Gasteiger partial charge in [0.05, 0.1) is 13.1 Å². The number of aromatic nitrogens is 1. The lowest BCUT2D eigenvalue weighted by Gasteiger charge is -2.19. The lowest BCUT2D eigenvalue weighted by Crippen LogP contribution is -2.37. The first-order valence-electron chi connectivity index (χ1n) is 9.84. The number of likely N-dealkylation sites (N-methyl/N-ethyl adjacent to an activating group) is 1. The SMILES string of the molecule is CCN(CC(=O)Nc1ccc(NC(C)=O)cc1)CC(=O)c1cc(C)n(CC)c1C. The van der Waals surface area contributed by atoms with E-state index < -0.39 is 0 Å². The molecule has 0 fully saturated rings. The Bertz CT molecular complexity index is 884. The van der Waals surface area contributed by atoms with Gasteiger partial charge in [0, 0.05) is 41.8 Å². The largest absolute Gasteiger partial charge is 0.349 e. The molecule has 2 aromatic rings. The van der Waals surface area contributed by atoms with Crippen LogP contribution < -0.4 is 10.6 Å². The highest BCUT2D eigenvalue weighted by molar-refractivity contribution is 5.99. The number of rotatable bonds is 9. The molecule has 0 saturated carbocycles. The van der Waals surface area contributed by atoms with Crippen LogP contribution in [0.5, 0.6) is 0 Å². The van der Waals surface area contributed by atoms with E-state index in [2.05, 4.69) is 22.1 Å². The fourth-order valence-corrected chi connectivity index (χ4v) is 3.38. The van der Waals surface area contributed by atoms with Gasteiger partial charge in [-0.05, 0) is 57.6 Å². The van der Waals surface area contributed by atoms with Crippen LogP contribution in [-0.4, -0.2) is 46.7 Å². The number of anilines is 2. The minimum Gasteiger partial charge on any atom is -0.349 e. The molecule has 0 bridgehead atoms. The fourth-order valence-electron chi connectivity index (χ4n) is 3.38. The predicted molar refractivity (Wildman–Crippen MR) is 115 cm³/mol. The first kappa shape index (κ1) is 22.4. The standard InChI is InChI=1S/C22H30N4O3/c1-6-25(13-21(28)20-12-15(3)26(7-2)16(20)4)14-22(29)24-19-10-8-18(9-11-19)23-17(5)27/h8-12H,6-7,13-14H2,1-5H3,(H,23,27)(H,24,29). The second-order valence-corrected chi connectivity index (χ2v) is 7.06. The number of amides is 2. The third kappa shape index (κ3) is 6.02. The van der Waals surface area contributed by atoms with E-state index in [1.54, 1.807) is 24.3 Å². The number of carbonyl (C=O) groups excluding carboxylic acids is 3. The van der Waals surface area contributed by atoms with Crippen LogP contribution in [0.4, 0.5) is 11.4 Å². The van der Waals surface area contributed by atoms with Crippen molar-refractivity contribution in [1.29, 1.82) is 0 Å². The Hall–Kier alpha value is -2.93. The molecule has 0 saturated heterocycles. The molecule has 7 nitrogen and oxygen atoms in total. The normalized spacial score (nSPS) is 10.8. The van der Waals surface area contributed by atoms with Crippen molar-refractivity contribution in [2.75, 3.05) is 30.3 Å². The molecular weight excluding hydrogens is 368 g/mol. The molecule has 0 radical (unpaired) electrons. The Labute approximate surface area is 172 Å². The van der Waals surface area contributed by atoms with Crippen molar-refractivity contribution in [2.24, 2.45) is 0 Å². The molecule has 2 N–H and O–H groups in total. The second-order valence-electron chi connectivity index (χ2n) is 7.06. The Balaban J connectivity index is 1.96. The first-order chi connectivity index (χ1) is 13.7. The zero-order valence-corrected chi connectivity index (χ0v) is 17.8. The molecule has 2 rings (SSSR count). The zero-order chi connectivity index (χ0) is 21.6. The van der Waals surface area contributed by atoms with Crippen molar-refractivity contribution in [3.05, 3.63) is 47.3 Å². The molecule has 1 aromatic heterocycles.